The fraction of sp³-hybridized carbons (Fsp3) is 0.167. The Labute approximate surface area is 64.7 Å². The standard InChI is InChI=1S/C6H2F3NO2/c7-4-2-1-3-5(10-4)12-6(8,9)11-3/h1-2H. The SMILES string of the molecule is Fc1ccc2c(n1)OC(F)(F)O2. The van der Waals surface area contributed by atoms with Crippen molar-refractivity contribution in [3.05, 3.63) is 18.1 Å². The summed E-state index contributed by atoms with van der Waals surface area (Å²) in [5.41, 5.74) is 0. The Kier molecular flexibility index (Phi) is 1.22. The van der Waals surface area contributed by atoms with Crippen molar-refractivity contribution in [3.8, 4) is 11.6 Å². The average molecular weight is 177 g/mol. The lowest BCUT2D eigenvalue weighted by Gasteiger charge is -2.03. The summed E-state index contributed by atoms with van der Waals surface area (Å²) in [6.45, 7) is 0. The summed E-state index contributed by atoms with van der Waals surface area (Å²) in [6.07, 6.45) is -3.73. The molecule has 1 aliphatic rings. The van der Waals surface area contributed by atoms with Crippen molar-refractivity contribution in [1.29, 1.82) is 0 Å². The van der Waals surface area contributed by atoms with E-state index in [4.69, 9.17) is 0 Å². The molecule has 1 aliphatic heterocycles. The van der Waals surface area contributed by atoms with Gasteiger partial charge in [-0.15, -0.1) is 8.78 Å². The normalized spacial score (nSPS) is 17.9. The monoisotopic (exact) mass is 177 g/mol. The maximum Gasteiger partial charge on any atom is 0.587 e. The number of fused-ring (bicyclic) bond motifs is 1. The topological polar surface area (TPSA) is 31.4 Å². The summed E-state index contributed by atoms with van der Waals surface area (Å²) in [5.74, 6) is -1.68. The molecule has 3 nitrogen and oxygen atoms in total. The maximum absolute atomic E-state index is 12.3. The Morgan fingerprint density at radius 3 is 2.75 bits per heavy atom. The first-order valence-electron chi connectivity index (χ1n) is 2.99. The van der Waals surface area contributed by atoms with Gasteiger partial charge in [0, 0.05) is 0 Å². The molecule has 0 spiro atoms. The molecule has 0 N–H and O–H groups in total. The van der Waals surface area contributed by atoms with Crippen molar-refractivity contribution in [1.82, 2.24) is 4.98 Å². The van der Waals surface area contributed by atoms with Gasteiger partial charge in [0.1, 0.15) is 0 Å². The Morgan fingerprint density at radius 2 is 2.00 bits per heavy atom. The first-order valence-corrected chi connectivity index (χ1v) is 2.99. The van der Waals surface area contributed by atoms with Crippen LogP contribution in [0.4, 0.5) is 13.2 Å². The van der Waals surface area contributed by atoms with Crippen LogP contribution in [0.25, 0.3) is 0 Å². The van der Waals surface area contributed by atoms with Crippen LogP contribution in [0, 0.1) is 5.95 Å². The molecule has 0 amide bonds. The summed E-state index contributed by atoms with van der Waals surface area (Å²) >= 11 is 0. The fourth-order valence-corrected chi connectivity index (χ4v) is 0.817. The second-order valence-electron chi connectivity index (χ2n) is 2.10. The number of rotatable bonds is 0. The minimum atomic E-state index is -3.73. The van der Waals surface area contributed by atoms with Crippen molar-refractivity contribution >= 4 is 0 Å². The van der Waals surface area contributed by atoms with Crippen LogP contribution < -0.4 is 9.47 Å². The van der Waals surface area contributed by atoms with E-state index >= 15 is 0 Å². The number of halogens is 3. The third kappa shape index (κ3) is 1.05. The maximum atomic E-state index is 12.3. The zero-order valence-corrected chi connectivity index (χ0v) is 5.55. The lowest BCUT2D eigenvalue weighted by Crippen LogP contribution is -2.26. The Hall–Kier alpha value is -1.46. The van der Waals surface area contributed by atoms with Gasteiger partial charge in [0.25, 0.3) is 5.88 Å². The van der Waals surface area contributed by atoms with Gasteiger partial charge in [-0.25, -0.2) is 0 Å². The second kappa shape index (κ2) is 2.02. The van der Waals surface area contributed by atoms with Gasteiger partial charge < -0.3 is 9.47 Å². The van der Waals surface area contributed by atoms with Crippen LogP contribution in [0.15, 0.2) is 12.1 Å². The summed E-state index contributed by atoms with van der Waals surface area (Å²) < 4.78 is 44.7. The highest BCUT2D eigenvalue weighted by atomic mass is 19.3. The zero-order chi connectivity index (χ0) is 8.77. The molecule has 0 radical (unpaired) electrons. The van der Waals surface area contributed by atoms with E-state index in [9.17, 15) is 13.2 Å². The molecule has 6 heteroatoms. The highest BCUT2D eigenvalue weighted by Gasteiger charge is 2.44. The van der Waals surface area contributed by atoms with Gasteiger partial charge in [0.2, 0.25) is 5.95 Å². The minimum absolute atomic E-state index is 0.263. The van der Waals surface area contributed by atoms with Crippen LogP contribution in [0.5, 0.6) is 11.6 Å². The van der Waals surface area contributed by atoms with Crippen LogP contribution >= 0.6 is 0 Å². The van der Waals surface area contributed by atoms with E-state index in [0.29, 0.717) is 0 Å². The number of ether oxygens (including phenoxy) is 2. The summed E-state index contributed by atoms with van der Waals surface area (Å²) in [6, 6.07) is 1.93. The molecule has 0 bridgehead atoms. The average Bonchev–Trinajstić information content (AvgIpc) is 2.21. The van der Waals surface area contributed by atoms with Crippen molar-refractivity contribution in [2.75, 3.05) is 0 Å². The third-order valence-corrected chi connectivity index (χ3v) is 1.24. The van der Waals surface area contributed by atoms with E-state index in [0.717, 1.165) is 12.1 Å². The number of hydrogen-bond donors (Lipinski definition) is 0. The lowest BCUT2D eigenvalue weighted by atomic mass is 10.4. The van der Waals surface area contributed by atoms with Gasteiger partial charge in [-0.1, -0.05) is 0 Å². The Bertz CT molecular complexity index is 329. The highest BCUT2D eigenvalue weighted by Crippen LogP contribution is 2.38. The molecule has 0 aliphatic carbocycles. The molecule has 1 aromatic heterocycles. The zero-order valence-electron chi connectivity index (χ0n) is 5.55. The summed E-state index contributed by atoms with van der Waals surface area (Å²) in [4.78, 5) is 3.06. The molecule has 0 unspecified atom stereocenters. The molecule has 0 saturated carbocycles. The number of hydrogen-bond acceptors (Lipinski definition) is 3. The third-order valence-electron chi connectivity index (χ3n) is 1.24. The predicted octanol–water partition coefficient (Wildman–Crippen LogP) is 1.54. The van der Waals surface area contributed by atoms with E-state index in [1.807, 2.05) is 0 Å². The molecule has 0 atom stereocenters. The second-order valence-corrected chi connectivity index (χ2v) is 2.10. The van der Waals surface area contributed by atoms with Gasteiger partial charge in [0.15, 0.2) is 5.75 Å². The number of pyridine rings is 1. The number of aromatic nitrogens is 1. The van der Waals surface area contributed by atoms with Gasteiger partial charge >= 0.3 is 6.29 Å². The van der Waals surface area contributed by atoms with Gasteiger partial charge in [-0.3, -0.25) is 0 Å². The van der Waals surface area contributed by atoms with Gasteiger partial charge in [-0.2, -0.15) is 9.37 Å². The van der Waals surface area contributed by atoms with Crippen LogP contribution in [-0.4, -0.2) is 11.3 Å². The largest absolute Gasteiger partial charge is 0.587 e. The summed E-state index contributed by atoms with van der Waals surface area (Å²) in [5, 5.41) is 0. The highest BCUT2D eigenvalue weighted by molar-refractivity contribution is 5.35. The predicted molar refractivity (Wildman–Crippen MR) is 30.4 cm³/mol. The van der Waals surface area contributed by atoms with Crippen LogP contribution in [0.3, 0.4) is 0 Å². The molecule has 1 aromatic rings. The molecule has 12 heavy (non-hydrogen) atoms. The van der Waals surface area contributed by atoms with E-state index in [1.165, 1.54) is 0 Å². The number of alkyl halides is 2. The smallest absolute Gasteiger partial charge is 0.393 e. The van der Waals surface area contributed by atoms with E-state index in [2.05, 4.69) is 14.5 Å². The molecular weight excluding hydrogens is 175 g/mol. The molecule has 0 aromatic carbocycles. The molecular formula is C6H2F3NO2. The Morgan fingerprint density at radius 1 is 1.25 bits per heavy atom. The van der Waals surface area contributed by atoms with Crippen LogP contribution in [0.2, 0.25) is 0 Å². The van der Waals surface area contributed by atoms with E-state index in [-0.39, 0.29) is 5.75 Å². The molecule has 0 fully saturated rings. The van der Waals surface area contributed by atoms with Crippen molar-refractivity contribution < 1.29 is 22.6 Å². The van der Waals surface area contributed by atoms with Crippen LogP contribution in [0.1, 0.15) is 0 Å². The molecule has 2 rings (SSSR count). The molecule has 0 saturated heterocycles. The van der Waals surface area contributed by atoms with Gasteiger partial charge in [0.05, 0.1) is 0 Å². The van der Waals surface area contributed by atoms with Gasteiger partial charge in [-0.05, 0) is 12.1 Å². The summed E-state index contributed by atoms with van der Waals surface area (Å²) in [7, 11) is 0. The lowest BCUT2D eigenvalue weighted by molar-refractivity contribution is -0.287. The number of nitrogens with zero attached hydrogens (tertiary/aromatic N) is 1. The first kappa shape index (κ1) is 7.20. The van der Waals surface area contributed by atoms with E-state index in [1.54, 1.807) is 0 Å². The van der Waals surface area contributed by atoms with Crippen LogP contribution in [-0.2, 0) is 0 Å². The first-order chi connectivity index (χ1) is 5.57. The minimum Gasteiger partial charge on any atom is -0.393 e. The van der Waals surface area contributed by atoms with Crippen molar-refractivity contribution in [2.24, 2.45) is 0 Å². The molecule has 2 heterocycles. The molecule has 64 valence electrons. The van der Waals surface area contributed by atoms with E-state index < -0.39 is 18.1 Å². The van der Waals surface area contributed by atoms with Crippen molar-refractivity contribution in [2.45, 2.75) is 6.29 Å². The fourth-order valence-electron chi connectivity index (χ4n) is 0.817. The quantitative estimate of drug-likeness (QED) is 0.563. The Balaban J connectivity index is 2.43. The van der Waals surface area contributed by atoms with Crippen molar-refractivity contribution in [3.63, 3.8) is 0 Å².